The molecule has 0 aromatic heterocycles. The summed E-state index contributed by atoms with van der Waals surface area (Å²) in [5.74, 6) is -0.434. The molecule has 0 atom stereocenters. The van der Waals surface area contributed by atoms with Crippen molar-refractivity contribution in [3.63, 3.8) is 0 Å². The molecule has 1 amide bonds. The quantitative estimate of drug-likeness (QED) is 0.425. The number of amides is 1. The third-order valence-electron chi connectivity index (χ3n) is 3.16. The lowest BCUT2D eigenvalue weighted by Crippen LogP contribution is -2.16. The lowest BCUT2D eigenvalue weighted by atomic mass is 10.1. The molecule has 0 saturated heterocycles. The van der Waals surface area contributed by atoms with Crippen molar-refractivity contribution in [1.82, 2.24) is 0 Å². The fraction of sp³-hybridized carbons (Fsp3) is 0.188. The first-order chi connectivity index (χ1) is 11.5. The fourth-order valence-electron chi connectivity index (χ4n) is 2.04. The fourth-order valence-corrected chi connectivity index (χ4v) is 2.44. The highest BCUT2D eigenvalue weighted by Crippen LogP contribution is 2.24. The maximum Gasteiger partial charge on any atom is 0.270 e. The Hall–Kier alpha value is -2.45. The summed E-state index contributed by atoms with van der Waals surface area (Å²) in [7, 11) is 1.57. The Morgan fingerprint density at radius 1 is 1.29 bits per heavy atom. The topological polar surface area (TPSA) is 93.5 Å². The molecule has 0 aliphatic heterocycles. The highest BCUT2D eigenvalue weighted by Gasteiger charge is 2.17. The Balaban J connectivity index is 2.28. The minimum atomic E-state index is -0.533. The second kappa shape index (κ2) is 8.42. The number of carbonyl (C=O) groups is 1. The molecule has 0 unspecified atom stereocenters. The molecule has 0 aliphatic rings. The maximum absolute atomic E-state index is 12.5. The summed E-state index contributed by atoms with van der Waals surface area (Å²) in [4.78, 5) is 23.0. The van der Waals surface area contributed by atoms with Gasteiger partial charge in [0, 0.05) is 41.6 Å². The van der Waals surface area contributed by atoms with E-state index in [0.29, 0.717) is 24.5 Å². The van der Waals surface area contributed by atoms with Gasteiger partial charge >= 0.3 is 0 Å². The highest BCUT2D eigenvalue weighted by atomic mass is 79.9. The Labute approximate surface area is 147 Å². The van der Waals surface area contributed by atoms with Gasteiger partial charge in [-0.2, -0.15) is 0 Å². The van der Waals surface area contributed by atoms with Gasteiger partial charge in [0.25, 0.3) is 11.6 Å². The number of hydrogen-bond acceptors (Lipinski definition) is 5. The van der Waals surface area contributed by atoms with Crippen LogP contribution in [0.1, 0.15) is 10.4 Å². The zero-order chi connectivity index (χ0) is 17.5. The molecule has 2 rings (SSSR count). The van der Waals surface area contributed by atoms with Gasteiger partial charge in [-0.05, 0) is 24.3 Å². The highest BCUT2D eigenvalue weighted by molar-refractivity contribution is 9.10. The number of halogens is 1. The van der Waals surface area contributed by atoms with Crippen LogP contribution in [0.2, 0.25) is 0 Å². The molecular formula is C16H16BrN3O4. The lowest BCUT2D eigenvalue weighted by Gasteiger charge is -2.12. The van der Waals surface area contributed by atoms with Crippen LogP contribution in [0.15, 0.2) is 46.9 Å². The van der Waals surface area contributed by atoms with Crippen LogP contribution in [0.3, 0.4) is 0 Å². The number of ether oxygens (including phenoxy) is 1. The van der Waals surface area contributed by atoms with Crippen molar-refractivity contribution in [2.45, 2.75) is 0 Å². The molecule has 0 spiro atoms. The number of rotatable bonds is 7. The van der Waals surface area contributed by atoms with Gasteiger partial charge in [0.1, 0.15) is 0 Å². The van der Waals surface area contributed by atoms with Gasteiger partial charge in [0.2, 0.25) is 0 Å². The minimum Gasteiger partial charge on any atom is -0.383 e. The molecule has 0 fully saturated rings. The molecule has 7 nitrogen and oxygen atoms in total. The number of hydrogen-bond donors (Lipinski definition) is 2. The first-order valence-corrected chi connectivity index (χ1v) is 7.88. The van der Waals surface area contributed by atoms with Crippen LogP contribution >= 0.6 is 15.9 Å². The predicted molar refractivity (Wildman–Crippen MR) is 95.6 cm³/mol. The van der Waals surface area contributed by atoms with Crippen molar-refractivity contribution in [1.29, 1.82) is 0 Å². The summed E-state index contributed by atoms with van der Waals surface area (Å²) in [5.41, 5.74) is 1.14. The van der Waals surface area contributed by atoms with E-state index in [1.165, 1.54) is 18.2 Å². The summed E-state index contributed by atoms with van der Waals surface area (Å²) in [6, 6.07) is 11.2. The molecule has 2 aromatic carbocycles. The van der Waals surface area contributed by atoms with Crippen molar-refractivity contribution in [3.05, 3.63) is 62.6 Å². The number of nitrogens with one attached hydrogen (secondary N) is 2. The summed E-state index contributed by atoms with van der Waals surface area (Å²) in [6.07, 6.45) is 0. The second-order valence-electron chi connectivity index (χ2n) is 4.87. The van der Waals surface area contributed by atoms with Crippen LogP contribution in [0.5, 0.6) is 0 Å². The molecule has 8 heteroatoms. The molecule has 0 bridgehead atoms. The zero-order valence-corrected chi connectivity index (χ0v) is 14.5. The van der Waals surface area contributed by atoms with Crippen molar-refractivity contribution in [3.8, 4) is 0 Å². The van der Waals surface area contributed by atoms with Crippen LogP contribution in [0, 0.1) is 10.1 Å². The average Bonchev–Trinajstić information content (AvgIpc) is 2.55. The van der Waals surface area contributed by atoms with Crippen LogP contribution in [0.25, 0.3) is 0 Å². The normalized spacial score (nSPS) is 10.2. The van der Waals surface area contributed by atoms with Crippen LogP contribution < -0.4 is 10.6 Å². The van der Waals surface area contributed by atoms with Crippen LogP contribution in [-0.4, -0.2) is 31.1 Å². The van der Waals surface area contributed by atoms with E-state index in [2.05, 4.69) is 26.6 Å². The van der Waals surface area contributed by atoms with E-state index in [1.807, 2.05) is 6.07 Å². The number of nitrogens with zero attached hydrogens (tertiary/aromatic N) is 1. The standard InChI is InChI=1S/C16H16BrN3O4/c1-24-8-7-18-15-6-5-13(20(22)23)10-14(15)16(21)19-12-4-2-3-11(17)9-12/h2-6,9-10,18H,7-8H2,1H3,(H,19,21). The Morgan fingerprint density at radius 2 is 2.08 bits per heavy atom. The molecule has 24 heavy (non-hydrogen) atoms. The smallest absolute Gasteiger partial charge is 0.270 e. The van der Waals surface area contributed by atoms with Crippen molar-refractivity contribution < 1.29 is 14.5 Å². The number of nitro benzene ring substituents is 1. The van der Waals surface area contributed by atoms with Crippen molar-refractivity contribution >= 4 is 38.9 Å². The Morgan fingerprint density at radius 3 is 2.75 bits per heavy atom. The van der Waals surface area contributed by atoms with Gasteiger partial charge in [-0.15, -0.1) is 0 Å². The van der Waals surface area contributed by atoms with E-state index < -0.39 is 10.8 Å². The van der Waals surface area contributed by atoms with Crippen molar-refractivity contribution in [2.75, 3.05) is 30.9 Å². The van der Waals surface area contributed by atoms with E-state index in [1.54, 1.807) is 25.3 Å². The summed E-state index contributed by atoms with van der Waals surface area (Å²) < 4.78 is 5.78. The van der Waals surface area contributed by atoms with Gasteiger partial charge in [0.15, 0.2) is 0 Å². The van der Waals surface area contributed by atoms with Gasteiger partial charge in [-0.25, -0.2) is 0 Å². The van der Waals surface area contributed by atoms with E-state index in [0.717, 1.165) is 4.47 Å². The monoisotopic (exact) mass is 393 g/mol. The SMILES string of the molecule is COCCNc1ccc([N+](=O)[O-])cc1C(=O)Nc1cccc(Br)c1. The molecule has 0 radical (unpaired) electrons. The number of anilines is 2. The number of methoxy groups -OCH3 is 1. The lowest BCUT2D eigenvalue weighted by molar-refractivity contribution is -0.384. The van der Waals surface area contributed by atoms with Gasteiger partial charge in [-0.3, -0.25) is 14.9 Å². The van der Waals surface area contributed by atoms with E-state index in [9.17, 15) is 14.9 Å². The predicted octanol–water partition coefficient (Wildman–Crippen LogP) is 3.67. The summed E-state index contributed by atoms with van der Waals surface area (Å²) in [5, 5.41) is 16.8. The minimum absolute atomic E-state index is 0.147. The maximum atomic E-state index is 12.5. The first-order valence-electron chi connectivity index (χ1n) is 7.09. The largest absolute Gasteiger partial charge is 0.383 e. The third kappa shape index (κ3) is 4.77. The van der Waals surface area contributed by atoms with E-state index in [-0.39, 0.29) is 11.3 Å². The van der Waals surface area contributed by atoms with E-state index >= 15 is 0 Å². The average molecular weight is 394 g/mol. The molecular weight excluding hydrogens is 378 g/mol. The molecule has 0 aliphatic carbocycles. The summed E-state index contributed by atoms with van der Waals surface area (Å²) >= 11 is 3.33. The third-order valence-corrected chi connectivity index (χ3v) is 3.66. The van der Waals surface area contributed by atoms with Crippen molar-refractivity contribution in [2.24, 2.45) is 0 Å². The molecule has 126 valence electrons. The number of nitro groups is 1. The Bertz CT molecular complexity index is 752. The Kier molecular flexibility index (Phi) is 6.28. The molecule has 0 saturated carbocycles. The van der Waals surface area contributed by atoms with Crippen LogP contribution in [-0.2, 0) is 4.74 Å². The first kappa shape index (κ1) is 17.9. The summed E-state index contributed by atoms with van der Waals surface area (Å²) in [6.45, 7) is 0.926. The van der Waals surface area contributed by atoms with E-state index in [4.69, 9.17) is 4.74 Å². The van der Waals surface area contributed by atoms with Crippen LogP contribution in [0.4, 0.5) is 17.1 Å². The van der Waals surface area contributed by atoms with Gasteiger partial charge < -0.3 is 15.4 Å². The number of benzene rings is 2. The molecule has 2 aromatic rings. The molecule has 2 N–H and O–H groups in total. The second-order valence-corrected chi connectivity index (χ2v) is 5.79. The number of carbonyl (C=O) groups excluding carboxylic acids is 1. The molecule has 0 heterocycles. The number of non-ortho nitro benzene ring substituents is 1. The zero-order valence-electron chi connectivity index (χ0n) is 12.9. The van der Waals surface area contributed by atoms with Gasteiger partial charge in [-0.1, -0.05) is 22.0 Å². The van der Waals surface area contributed by atoms with Gasteiger partial charge in [0.05, 0.1) is 17.1 Å².